The lowest BCUT2D eigenvalue weighted by Crippen LogP contribution is -2.30. The minimum absolute atomic E-state index is 0.795. The highest BCUT2D eigenvalue weighted by molar-refractivity contribution is 5.19. The maximum Gasteiger partial charge on any atom is 0.0658 e. The normalized spacial score (nSPS) is 23.2. The van der Waals surface area contributed by atoms with Gasteiger partial charge in [-0.3, -0.25) is 9.58 Å². The third-order valence-electron chi connectivity index (χ3n) is 3.00. The molecule has 0 saturated heterocycles. The summed E-state index contributed by atoms with van der Waals surface area (Å²) in [6.45, 7) is 3.27. The number of nitrogens with zero attached hydrogens (tertiary/aromatic N) is 3. The standard InChI is InChI=1S/C10H15N3/c1-12-4-5-13-9(7-12)6-10(11-13)8-2-3-8/h6,8H,2-5,7H2,1H3. The summed E-state index contributed by atoms with van der Waals surface area (Å²) in [4.78, 5) is 2.35. The van der Waals surface area contributed by atoms with Gasteiger partial charge in [-0.05, 0) is 26.0 Å². The molecule has 13 heavy (non-hydrogen) atoms. The SMILES string of the molecule is CN1CCn2nc(C3CC3)cc2C1. The molecule has 1 aromatic rings. The van der Waals surface area contributed by atoms with Crippen molar-refractivity contribution in [3.05, 3.63) is 17.5 Å². The molecule has 0 aromatic carbocycles. The Morgan fingerprint density at radius 1 is 1.38 bits per heavy atom. The summed E-state index contributed by atoms with van der Waals surface area (Å²) in [5, 5.41) is 4.64. The van der Waals surface area contributed by atoms with Gasteiger partial charge in [0.05, 0.1) is 17.9 Å². The third kappa shape index (κ3) is 1.27. The first-order valence-electron chi connectivity index (χ1n) is 5.08. The van der Waals surface area contributed by atoms with Crippen molar-refractivity contribution in [2.45, 2.75) is 31.8 Å². The Morgan fingerprint density at radius 3 is 3.00 bits per heavy atom. The van der Waals surface area contributed by atoms with E-state index in [0.717, 1.165) is 25.6 Å². The third-order valence-corrected chi connectivity index (χ3v) is 3.00. The van der Waals surface area contributed by atoms with Gasteiger partial charge in [-0.25, -0.2) is 0 Å². The van der Waals surface area contributed by atoms with Crippen molar-refractivity contribution in [2.24, 2.45) is 0 Å². The van der Waals surface area contributed by atoms with Crippen LogP contribution in [0.4, 0.5) is 0 Å². The molecule has 3 heteroatoms. The highest BCUT2D eigenvalue weighted by Gasteiger charge is 2.28. The van der Waals surface area contributed by atoms with E-state index in [4.69, 9.17) is 0 Å². The van der Waals surface area contributed by atoms with Crippen LogP contribution in [0.3, 0.4) is 0 Å². The topological polar surface area (TPSA) is 21.1 Å². The zero-order valence-electron chi connectivity index (χ0n) is 8.03. The minimum atomic E-state index is 0.795. The molecule has 0 bridgehead atoms. The number of aromatic nitrogens is 2. The largest absolute Gasteiger partial charge is 0.299 e. The van der Waals surface area contributed by atoms with E-state index < -0.39 is 0 Å². The average Bonchev–Trinajstić information content (AvgIpc) is 2.87. The van der Waals surface area contributed by atoms with E-state index >= 15 is 0 Å². The van der Waals surface area contributed by atoms with Crippen molar-refractivity contribution < 1.29 is 0 Å². The van der Waals surface area contributed by atoms with Crippen molar-refractivity contribution in [1.82, 2.24) is 14.7 Å². The molecule has 1 aliphatic carbocycles. The Balaban J connectivity index is 1.93. The second-order valence-electron chi connectivity index (χ2n) is 4.30. The van der Waals surface area contributed by atoms with E-state index in [0.29, 0.717) is 0 Å². The summed E-state index contributed by atoms with van der Waals surface area (Å²) >= 11 is 0. The summed E-state index contributed by atoms with van der Waals surface area (Å²) in [5.74, 6) is 0.795. The van der Waals surface area contributed by atoms with E-state index in [-0.39, 0.29) is 0 Å². The Hall–Kier alpha value is -0.830. The number of hydrogen-bond donors (Lipinski definition) is 0. The molecule has 2 aliphatic rings. The van der Waals surface area contributed by atoms with Crippen molar-refractivity contribution in [2.75, 3.05) is 13.6 Å². The summed E-state index contributed by atoms with van der Waals surface area (Å²) < 4.78 is 2.19. The number of hydrogen-bond acceptors (Lipinski definition) is 2. The molecule has 1 saturated carbocycles. The fraction of sp³-hybridized carbons (Fsp3) is 0.700. The monoisotopic (exact) mass is 177 g/mol. The van der Waals surface area contributed by atoms with Crippen LogP contribution in [0.25, 0.3) is 0 Å². The first-order valence-corrected chi connectivity index (χ1v) is 5.08. The summed E-state index contributed by atoms with van der Waals surface area (Å²) in [7, 11) is 2.17. The summed E-state index contributed by atoms with van der Waals surface area (Å²) in [6, 6.07) is 2.30. The lowest BCUT2D eigenvalue weighted by molar-refractivity contribution is 0.258. The van der Waals surface area contributed by atoms with Crippen LogP contribution < -0.4 is 0 Å². The molecule has 3 rings (SSSR count). The Kier molecular flexibility index (Phi) is 1.50. The van der Waals surface area contributed by atoms with Crippen LogP contribution in [-0.2, 0) is 13.1 Å². The Labute approximate surface area is 78.3 Å². The molecule has 0 amide bonds. The van der Waals surface area contributed by atoms with Crippen LogP contribution in [-0.4, -0.2) is 28.3 Å². The quantitative estimate of drug-likeness (QED) is 0.643. The van der Waals surface area contributed by atoms with Crippen molar-refractivity contribution in [3.63, 3.8) is 0 Å². The van der Waals surface area contributed by atoms with Crippen molar-refractivity contribution >= 4 is 0 Å². The number of fused-ring (bicyclic) bond motifs is 1. The molecular formula is C10H15N3. The van der Waals surface area contributed by atoms with Gasteiger partial charge in [0.15, 0.2) is 0 Å². The molecule has 2 heterocycles. The summed E-state index contributed by atoms with van der Waals surface area (Å²) in [5.41, 5.74) is 2.74. The van der Waals surface area contributed by atoms with Gasteiger partial charge >= 0.3 is 0 Å². The van der Waals surface area contributed by atoms with Crippen LogP contribution in [0.5, 0.6) is 0 Å². The molecule has 0 unspecified atom stereocenters. The molecule has 0 N–H and O–H groups in total. The van der Waals surface area contributed by atoms with Gasteiger partial charge in [0.1, 0.15) is 0 Å². The summed E-state index contributed by atoms with van der Waals surface area (Å²) in [6.07, 6.45) is 2.71. The molecule has 70 valence electrons. The van der Waals surface area contributed by atoms with E-state index in [1.54, 1.807) is 0 Å². The lowest BCUT2D eigenvalue weighted by Gasteiger charge is -2.22. The van der Waals surface area contributed by atoms with Crippen LogP contribution in [0.15, 0.2) is 6.07 Å². The molecular weight excluding hydrogens is 162 g/mol. The van der Waals surface area contributed by atoms with Crippen LogP contribution in [0.2, 0.25) is 0 Å². The van der Waals surface area contributed by atoms with E-state index in [9.17, 15) is 0 Å². The predicted octanol–water partition coefficient (Wildman–Crippen LogP) is 1.21. The molecule has 1 aliphatic heterocycles. The predicted molar refractivity (Wildman–Crippen MR) is 50.5 cm³/mol. The lowest BCUT2D eigenvalue weighted by atomic mass is 10.2. The van der Waals surface area contributed by atoms with Crippen molar-refractivity contribution in [1.29, 1.82) is 0 Å². The second-order valence-corrected chi connectivity index (χ2v) is 4.30. The molecule has 0 radical (unpaired) electrons. The number of rotatable bonds is 1. The van der Waals surface area contributed by atoms with Crippen LogP contribution >= 0.6 is 0 Å². The highest BCUT2D eigenvalue weighted by atomic mass is 15.3. The van der Waals surface area contributed by atoms with Crippen LogP contribution in [0.1, 0.15) is 30.1 Å². The minimum Gasteiger partial charge on any atom is -0.299 e. The molecule has 0 spiro atoms. The van der Waals surface area contributed by atoms with E-state index in [1.807, 2.05) is 0 Å². The second kappa shape index (κ2) is 2.58. The first kappa shape index (κ1) is 7.56. The molecule has 1 fully saturated rings. The smallest absolute Gasteiger partial charge is 0.0658 e. The van der Waals surface area contributed by atoms with Gasteiger partial charge in [0.2, 0.25) is 0 Å². The van der Waals surface area contributed by atoms with E-state index in [2.05, 4.69) is 27.8 Å². The van der Waals surface area contributed by atoms with Gasteiger partial charge < -0.3 is 0 Å². The molecule has 0 atom stereocenters. The van der Waals surface area contributed by atoms with Gasteiger partial charge in [0, 0.05) is 19.0 Å². The fourth-order valence-electron chi connectivity index (χ4n) is 2.00. The maximum absolute atomic E-state index is 4.64. The van der Waals surface area contributed by atoms with Crippen molar-refractivity contribution in [3.8, 4) is 0 Å². The molecule has 1 aromatic heterocycles. The zero-order chi connectivity index (χ0) is 8.84. The first-order chi connectivity index (χ1) is 6.33. The zero-order valence-corrected chi connectivity index (χ0v) is 8.03. The number of likely N-dealkylation sites (N-methyl/N-ethyl adjacent to an activating group) is 1. The Bertz CT molecular complexity index is 325. The Morgan fingerprint density at radius 2 is 2.23 bits per heavy atom. The van der Waals surface area contributed by atoms with Gasteiger partial charge in [0.25, 0.3) is 0 Å². The fourth-order valence-corrected chi connectivity index (χ4v) is 2.00. The van der Waals surface area contributed by atoms with Crippen LogP contribution in [0, 0.1) is 0 Å². The van der Waals surface area contributed by atoms with Gasteiger partial charge in [-0.1, -0.05) is 0 Å². The maximum atomic E-state index is 4.64. The van der Waals surface area contributed by atoms with Gasteiger partial charge in [-0.15, -0.1) is 0 Å². The van der Waals surface area contributed by atoms with Gasteiger partial charge in [-0.2, -0.15) is 5.10 Å². The average molecular weight is 177 g/mol. The molecule has 3 nitrogen and oxygen atoms in total. The van der Waals surface area contributed by atoms with E-state index in [1.165, 1.54) is 24.2 Å². The highest BCUT2D eigenvalue weighted by Crippen LogP contribution is 2.39.